The van der Waals surface area contributed by atoms with Crippen LogP contribution in [0.3, 0.4) is 0 Å². The molecule has 4 nitrogen and oxygen atoms in total. The lowest BCUT2D eigenvalue weighted by atomic mass is 10.3. The van der Waals surface area contributed by atoms with Gasteiger partial charge in [-0.1, -0.05) is 6.42 Å². The number of hydrogen-bond acceptors (Lipinski definition) is 3. The molecule has 1 aromatic carbocycles. The van der Waals surface area contributed by atoms with Crippen molar-refractivity contribution in [2.75, 3.05) is 18.1 Å². The summed E-state index contributed by atoms with van der Waals surface area (Å²) in [5, 5.41) is 10.2. The maximum absolute atomic E-state index is 11.8. The van der Waals surface area contributed by atoms with Gasteiger partial charge >= 0.3 is 0 Å². The largest absolute Gasteiger partial charge is 0.399 e. The molecule has 0 unspecified atom stereocenters. The van der Waals surface area contributed by atoms with Crippen molar-refractivity contribution in [2.45, 2.75) is 24.2 Å². The number of anilines is 1. The van der Waals surface area contributed by atoms with Crippen molar-refractivity contribution in [1.82, 2.24) is 0 Å². The van der Waals surface area contributed by atoms with E-state index in [1.165, 1.54) is 12.1 Å². The predicted octanol–water partition coefficient (Wildman–Crippen LogP) is 1.64. The lowest BCUT2D eigenvalue weighted by molar-refractivity contribution is 0.186. The highest BCUT2D eigenvalue weighted by Gasteiger charge is 2.13. The number of hydrogen-bond donors (Lipinski definition) is 1. The molecular weight excluding hydrogens is 226 g/mol. The van der Waals surface area contributed by atoms with Crippen LogP contribution in [0.2, 0.25) is 0 Å². The quantitative estimate of drug-likeness (QED) is 0.608. The Kier molecular flexibility index (Phi) is 4.76. The lowest BCUT2D eigenvalue weighted by Gasteiger charge is -2.04. The Bertz CT molecular complexity index is 411. The summed E-state index contributed by atoms with van der Waals surface area (Å²) in [5.74, 6) is 0.0942. The molecular formula is C11H16NO3S. The number of nitrogen functional groups attached to an aromatic ring is 1. The summed E-state index contributed by atoms with van der Waals surface area (Å²) in [7, 11) is -3.22. The summed E-state index contributed by atoms with van der Waals surface area (Å²) in [6.45, 7) is -0.137. The lowest BCUT2D eigenvalue weighted by Crippen LogP contribution is -2.07. The van der Waals surface area contributed by atoms with Crippen LogP contribution in [0.15, 0.2) is 29.2 Å². The minimum Gasteiger partial charge on any atom is -0.399 e. The number of unbranched alkanes of at least 4 members (excludes halogenated alkanes) is 2. The highest BCUT2D eigenvalue weighted by Crippen LogP contribution is 2.15. The molecule has 0 amide bonds. The molecule has 2 N–H and O–H groups in total. The normalized spacial score (nSPS) is 11.6. The van der Waals surface area contributed by atoms with Crippen molar-refractivity contribution < 1.29 is 13.5 Å². The summed E-state index contributed by atoms with van der Waals surface area (Å²) in [6.07, 6.45) is 1.74. The first-order valence-electron chi connectivity index (χ1n) is 5.22. The van der Waals surface area contributed by atoms with Crippen LogP contribution in [0.5, 0.6) is 0 Å². The first-order chi connectivity index (χ1) is 7.56. The number of nitrogens with two attached hydrogens (primary N) is 1. The number of rotatable bonds is 6. The van der Waals surface area contributed by atoms with E-state index >= 15 is 0 Å². The van der Waals surface area contributed by atoms with Gasteiger partial charge in [0.1, 0.15) is 0 Å². The molecule has 0 aliphatic heterocycles. The first kappa shape index (κ1) is 13.0. The van der Waals surface area contributed by atoms with Crippen LogP contribution in [-0.4, -0.2) is 20.8 Å². The maximum atomic E-state index is 11.8. The van der Waals surface area contributed by atoms with Crippen LogP contribution in [0.1, 0.15) is 19.3 Å². The number of sulfone groups is 1. The second-order valence-corrected chi connectivity index (χ2v) is 5.76. The van der Waals surface area contributed by atoms with Gasteiger partial charge in [-0.25, -0.2) is 13.5 Å². The van der Waals surface area contributed by atoms with E-state index in [1.54, 1.807) is 12.1 Å². The molecule has 0 saturated carbocycles. The van der Waals surface area contributed by atoms with Crippen molar-refractivity contribution >= 4 is 15.5 Å². The van der Waals surface area contributed by atoms with Gasteiger partial charge < -0.3 is 5.73 Å². The van der Waals surface area contributed by atoms with E-state index in [2.05, 4.69) is 0 Å². The summed E-state index contributed by atoms with van der Waals surface area (Å²) >= 11 is 0. The minimum absolute atomic E-state index is 0.0942. The average molecular weight is 242 g/mol. The van der Waals surface area contributed by atoms with Crippen molar-refractivity contribution in [1.29, 1.82) is 0 Å². The molecule has 0 heterocycles. The monoisotopic (exact) mass is 242 g/mol. The fourth-order valence-corrected chi connectivity index (χ4v) is 2.73. The topological polar surface area (TPSA) is 80.1 Å². The molecule has 16 heavy (non-hydrogen) atoms. The van der Waals surface area contributed by atoms with E-state index in [-0.39, 0.29) is 12.4 Å². The Morgan fingerprint density at radius 3 is 2.19 bits per heavy atom. The molecule has 1 radical (unpaired) electrons. The zero-order valence-corrected chi connectivity index (χ0v) is 9.87. The van der Waals surface area contributed by atoms with Gasteiger partial charge in [-0.05, 0) is 37.1 Å². The zero-order chi connectivity index (χ0) is 12.0. The Morgan fingerprint density at radius 1 is 1.00 bits per heavy atom. The Hall–Kier alpha value is -1.07. The van der Waals surface area contributed by atoms with Crippen LogP contribution in [0, 0.1) is 0 Å². The first-order valence-corrected chi connectivity index (χ1v) is 6.88. The fraction of sp³-hybridized carbons (Fsp3) is 0.455. The molecule has 0 saturated heterocycles. The molecule has 0 spiro atoms. The van der Waals surface area contributed by atoms with E-state index in [0.717, 1.165) is 0 Å². The molecule has 0 aliphatic rings. The summed E-state index contributed by atoms with van der Waals surface area (Å²) in [4.78, 5) is 0.295. The van der Waals surface area contributed by atoms with Gasteiger partial charge in [0.15, 0.2) is 9.84 Å². The molecule has 1 aromatic rings. The molecule has 1 rings (SSSR count). The van der Waals surface area contributed by atoms with Gasteiger partial charge in [0.05, 0.1) is 17.3 Å². The second kappa shape index (κ2) is 5.86. The van der Waals surface area contributed by atoms with Gasteiger partial charge in [0, 0.05) is 5.69 Å². The van der Waals surface area contributed by atoms with Gasteiger partial charge in [0.2, 0.25) is 0 Å². The van der Waals surface area contributed by atoms with Crippen molar-refractivity contribution in [3.05, 3.63) is 24.3 Å². The maximum Gasteiger partial charge on any atom is 0.178 e. The third kappa shape index (κ3) is 3.83. The van der Waals surface area contributed by atoms with E-state index in [1.807, 2.05) is 0 Å². The third-order valence-corrected chi connectivity index (χ3v) is 4.11. The fourth-order valence-electron chi connectivity index (χ4n) is 1.36. The van der Waals surface area contributed by atoms with E-state index in [0.29, 0.717) is 29.8 Å². The Morgan fingerprint density at radius 2 is 1.62 bits per heavy atom. The van der Waals surface area contributed by atoms with Crippen LogP contribution < -0.4 is 5.73 Å². The molecule has 0 aromatic heterocycles. The highest BCUT2D eigenvalue weighted by molar-refractivity contribution is 7.91. The smallest absolute Gasteiger partial charge is 0.178 e. The average Bonchev–Trinajstić information content (AvgIpc) is 2.25. The third-order valence-electron chi connectivity index (χ3n) is 2.30. The SMILES string of the molecule is Nc1ccc(S(=O)(=O)CCCCC[O])cc1. The Labute approximate surface area is 96.0 Å². The van der Waals surface area contributed by atoms with Gasteiger partial charge in [-0.15, -0.1) is 0 Å². The second-order valence-electron chi connectivity index (χ2n) is 3.65. The van der Waals surface area contributed by atoms with Gasteiger partial charge in [-0.3, -0.25) is 0 Å². The molecule has 5 heteroatoms. The van der Waals surface area contributed by atoms with Crippen molar-refractivity contribution in [2.24, 2.45) is 0 Å². The Balaban J connectivity index is 2.60. The van der Waals surface area contributed by atoms with Gasteiger partial charge in [-0.2, -0.15) is 0 Å². The van der Waals surface area contributed by atoms with E-state index in [9.17, 15) is 13.5 Å². The summed E-state index contributed by atoms with van der Waals surface area (Å²) in [5.41, 5.74) is 6.03. The molecule has 0 atom stereocenters. The van der Waals surface area contributed by atoms with Crippen LogP contribution in [0.25, 0.3) is 0 Å². The van der Waals surface area contributed by atoms with Crippen LogP contribution >= 0.6 is 0 Å². The number of benzene rings is 1. The molecule has 89 valence electrons. The molecule has 0 fully saturated rings. The summed E-state index contributed by atoms with van der Waals surface area (Å²) in [6, 6.07) is 6.17. The van der Waals surface area contributed by atoms with Crippen LogP contribution in [0.4, 0.5) is 5.69 Å². The highest BCUT2D eigenvalue weighted by atomic mass is 32.2. The predicted molar refractivity (Wildman–Crippen MR) is 62.3 cm³/mol. The molecule has 0 aliphatic carbocycles. The van der Waals surface area contributed by atoms with Crippen molar-refractivity contribution in [3.8, 4) is 0 Å². The summed E-state index contributed by atoms with van der Waals surface area (Å²) < 4.78 is 23.6. The van der Waals surface area contributed by atoms with E-state index in [4.69, 9.17) is 5.73 Å². The zero-order valence-electron chi connectivity index (χ0n) is 9.06. The van der Waals surface area contributed by atoms with Gasteiger partial charge in [0.25, 0.3) is 0 Å². The molecule has 0 bridgehead atoms. The van der Waals surface area contributed by atoms with E-state index < -0.39 is 9.84 Å². The standard InChI is InChI=1S/C11H16NO3S/c12-10-4-6-11(7-5-10)16(14,15)9-3-1-2-8-13/h4-7H,1-3,8-9,12H2. The van der Waals surface area contributed by atoms with Crippen molar-refractivity contribution in [3.63, 3.8) is 0 Å². The van der Waals surface area contributed by atoms with Crippen LogP contribution in [-0.2, 0) is 14.9 Å². The minimum atomic E-state index is -3.22.